The lowest BCUT2D eigenvalue weighted by atomic mass is 9.62. The first kappa shape index (κ1) is 24.3. The number of aromatic hydroxyl groups is 2. The third kappa shape index (κ3) is 4.36. The second-order valence-corrected chi connectivity index (χ2v) is 9.67. The van der Waals surface area contributed by atoms with Crippen molar-refractivity contribution in [2.45, 2.75) is 5.41 Å². The van der Waals surface area contributed by atoms with Crippen molar-refractivity contribution in [2.75, 3.05) is 0 Å². The van der Waals surface area contributed by atoms with E-state index in [0.29, 0.717) is 0 Å². The summed E-state index contributed by atoms with van der Waals surface area (Å²) in [6.07, 6.45) is 0. The summed E-state index contributed by atoms with van der Waals surface area (Å²) in [4.78, 5) is 0. The molecule has 39 heavy (non-hydrogen) atoms. The van der Waals surface area contributed by atoms with Gasteiger partial charge in [0.25, 0.3) is 0 Å². The van der Waals surface area contributed by atoms with Gasteiger partial charge in [-0.15, -0.1) is 0 Å². The summed E-state index contributed by atoms with van der Waals surface area (Å²) in [6.45, 7) is 0. The van der Waals surface area contributed by atoms with Crippen molar-refractivity contribution < 1.29 is 10.2 Å². The summed E-state index contributed by atoms with van der Waals surface area (Å²) in [5.74, 6) is 0.420. The Hall–Kier alpha value is -5.08. The highest BCUT2D eigenvalue weighted by Gasteiger charge is 2.42. The quantitative estimate of drug-likeness (QED) is 0.223. The first-order valence-electron chi connectivity index (χ1n) is 13.1. The van der Waals surface area contributed by atoms with Crippen molar-refractivity contribution in [3.8, 4) is 33.8 Å². The van der Waals surface area contributed by atoms with E-state index in [9.17, 15) is 10.2 Å². The van der Waals surface area contributed by atoms with Crippen LogP contribution in [0, 0.1) is 0 Å². The van der Waals surface area contributed by atoms with E-state index in [0.717, 1.165) is 44.5 Å². The highest BCUT2D eigenvalue weighted by molar-refractivity contribution is 5.81. The van der Waals surface area contributed by atoms with Crippen molar-refractivity contribution >= 4 is 0 Å². The molecule has 0 radical (unpaired) electrons. The molecule has 0 bridgehead atoms. The van der Waals surface area contributed by atoms with Gasteiger partial charge < -0.3 is 10.2 Å². The van der Waals surface area contributed by atoms with Crippen molar-refractivity contribution in [1.29, 1.82) is 0 Å². The smallest absolute Gasteiger partial charge is 0.116 e. The molecule has 6 aromatic carbocycles. The Bertz CT molecular complexity index is 1560. The minimum Gasteiger partial charge on any atom is -0.508 e. The van der Waals surface area contributed by atoms with Crippen LogP contribution in [0.1, 0.15) is 22.3 Å². The van der Waals surface area contributed by atoms with Gasteiger partial charge in [-0.3, -0.25) is 0 Å². The number of phenolic OH excluding ortho intramolecular Hbond substituents is 2. The van der Waals surface area contributed by atoms with Crippen LogP contribution in [-0.4, -0.2) is 10.2 Å². The van der Waals surface area contributed by atoms with Gasteiger partial charge in [0.15, 0.2) is 0 Å². The zero-order chi connectivity index (χ0) is 26.7. The average Bonchev–Trinajstić information content (AvgIpc) is 3.00. The van der Waals surface area contributed by atoms with Gasteiger partial charge in [-0.05, 0) is 68.8 Å². The molecule has 0 fully saturated rings. The maximum Gasteiger partial charge on any atom is 0.116 e. The van der Waals surface area contributed by atoms with E-state index < -0.39 is 5.41 Å². The van der Waals surface area contributed by atoms with Gasteiger partial charge >= 0.3 is 0 Å². The molecule has 0 aliphatic rings. The minimum absolute atomic E-state index is 0.210. The molecule has 0 amide bonds. The summed E-state index contributed by atoms with van der Waals surface area (Å²) >= 11 is 0. The molecule has 188 valence electrons. The Morgan fingerprint density at radius 3 is 1.05 bits per heavy atom. The highest BCUT2D eigenvalue weighted by atomic mass is 16.3. The molecule has 0 spiro atoms. The second kappa shape index (κ2) is 10.4. The Morgan fingerprint density at radius 1 is 0.359 bits per heavy atom. The minimum atomic E-state index is -0.778. The van der Waals surface area contributed by atoms with E-state index in [1.54, 1.807) is 12.1 Å². The first-order chi connectivity index (χ1) is 19.2. The van der Waals surface area contributed by atoms with Crippen LogP contribution in [0.25, 0.3) is 22.3 Å². The van der Waals surface area contributed by atoms with Gasteiger partial charge in [-0.2, -0.15) is 0 Å². The number of hydrogen-bond donors (Lipinski definition) is 2. The largest absolute Gasteiger partial charge is 0.508 e. The van der Waals surface area contributed by atoms with Crippen LogP contribution in [0.4, 0.5) is 0 Å². The third-order valence-electron chi connectivity index (χ3n) is 7.40. The van der Waals surface area contributed by atoms with Crippen LogP contribution in [0.5, 0.6) is 11.5 Å². The topological polar surface area (TPSA) is 40.5 Å². The molecule has 0 atom stereocenters. The standard InChI is InChI=1S/C37H28O2/c38-31-21-23-35(33(25-31)27-13-5-1-6-14-27)37(29-17-9-3-10-18-29,30-19-11-4-12-20-30)36-24-22-32(39)26-34(36)28-15-7-2-8-16-28/h1-26,38-39H. The SMILES string of the molecule is Oc1ccc(C(c2ccccc2)(c2ccccc2)c2ccc(O)cc2-c2ccccc2)c(-c2ccccc2)c1. The molecule has 2 heteroatoms. The summed E-state index contributed by atoms with van der Waals surface area (Å²) in [7, 11) is 0. The predicted molar refractivity (Wildman–Crippen MR) is 159 cm³/mol. The lowest BCUT2D eigenvalue weighted by Crippen LogP contribution is -2.32. The van der Waals surface area contributed by atoms with Crippen LogP contribution < -0.4 is 0 Å². The van der Waals surface area contributed by atoms with Crippen molar-refractivity contribution in [3.05, 3.63) is 180 Å². The Morgan fingerprint density at radius 2 is 0.692 bits per heavy atom. The molecule has 0 heterocycles. The number of rotatable bonds is 6. The van der Waals surface area contributed by atoms with E-state index in [2.05, 4.69) is 72.8 Å². The fourth-order valence-corrected chi connectivity index (χ4v) is 5.74. The van der Waals surface area contributed by atoms with E-state index >= 15 is 0 Å². The van der Waals surface area contributed by atoms with Gasteiger partial charge in [0, 0.05) is 0 Å². The average molecular weight is 505 g/mol. The number of hydrogen-bond acceptors (Lipinski definition) is 2. The fraction of sp³-hybridized carbons (Fsp3) is 0.0270. The maximum atomic E-state index is 10.7. The van der Waals surface area contributed by atoms with E-state index in [1.165, 1.54) is 0 Å². The molecule has 2 N–H and O–H groups in total. The molecule has 0 saturated carbocycles. The van der Waals surface area contributed by atoms with Crippen molar-refractivity contribution in [1.82, 2.24) is 0 Å². The van der Waals surface area contributed by atoms with Crippen LogP contribution in [-0.2, 0) is 5.41 Å². The summed E-state index contributed by atoms with van der Waals surface area (Å²) in [6, 6.07) is 52.7. The van der Waals surface area contributed by atoms with Crippen LogP contribution >= 0.6 is 0 Å². The van der Waals surface area contributed by atoms with Gasteiger partial charge in [0.2, 0.25) is 0 Å². The fourth-order valence-electron chi connectivity index (χ4n) is 5.74. The Kier molecular flexibility index (Phi) is 6.44. The van der Waals surface area contributed by atoms with Gasteiger partial charge in [-0.1, -0.05) is 133 Å². The van der Waals surface area contributed by atoms with Gasteiger partial charge in [-0.25, -0.2) is 0 Å². The van der Waals surface area contributed by atoms with Crippen molar-refractivity contribution in [2.24, 2.45) is 0 Å². The zero-order valence-corrected chi connectivity index (χ0v) is 21.4. The molecule has 6 rings (SSSR count). The van der Waals surface area contributed by atoms with Crippen LogP contribution in [0.15, 0.2) is 158 Å². The lowest BCUT2D eigenvalue weighted by Gasteiger charge is -2.39. The molecule has 6 aromatic rings. The van der Waals surface area contributed by atoms with Gasteiger partial charge in [0.05, 0.1) is 5.41 Å². The van der Waals surface area contributed by atoms with E-state index in [4.69, 9.17) is 0 Å². The number of phenols is 2. The Balaban J connectivity index is 1.82. The molecule has 0 aliphatic carbocycles. The normalized spacial score (nSPS) is 11.3. The lowest BCUT2D eigenvalue weighted by molar-refractivity contribution is 0.475. The number of benzene rings is 6. The zero-order valence-electron chi connectivity index (χ0n) is 21.4. The molecular weight excluding hydrogens is 476 g/mol. The van der Waals surface area contributed by atoms with E-state index in [-0.39, 0.29) is 11.5 Å². The van der Waals surface area contributed by atoms with Crippen LogP contribution in [0.2, 0.25) is 0 Å². The predicted octanol–water partition coefficient (Wildman–Crippen LogP) is 8.81. The Labute approximate surface area is 229 Å². The third-order valence-corrected chi connectivity index (χ3v) is 7.40. The summed E-state index contributed by atoms with van der Waals surface area (Å²) < 4.78 is 0. The highest BCUT2D eigenvalue weighted by Crippen LogP contribution is 2.52. The molecular formula is C37H28O2. The first-order valence-corrected chi connectivity index (χ1v) is 13.1. The van der Waals surface area contributed by atoms with Crippen LogP contribution in [0.3, 0.4) is 0 Å². The molecule has 0 aromatic heterocycles. The molecule has 0 saturated heterocycles. The van der Waals surface area contributed by atoms with Crippen molar-refractivity contribution in [3.63, 3.8) is 0 Å². The molecule has 0 unspecified atom stereocenters. The summed E-state index contributed by atoms with van der Waals surface area (Å²) in [5.41, 5.74) is 7.37. The summed E-state index contributed by atoms with van der Waals surface area (Å²) in [5, 5.41) is 21.4. The monoisotopic (exact) mass is 504 g/mol. The molecule has 0 aliphatic heterocycles. The van der Waals surface area contributed by atoms with E-state index in [1.807, 2.05) is 72.8 Å². The molecule has 2 nitrogen and oxygen atoms in total. The maximum absolute atomic E-state index is 10.7. The second-order valence-electron chi connectivity index (χ2n) is 9.67. The van der Waals surface area contributed by atoms with Gasteiger partial charge in [0.1, 0.15) is 11.5 Å².